The molecule has 0 aliphatic heterocycles. The largest absolute Gasteiger partial charge is 0.479 e. The molecule has 2 amide bonds. The van der Waals surface area contributed by atoms with Gasteiger partial charge in [0.05, 0.1) is 0 Å². The molecule has 8 heteroatoms. The number of carbonyl (C=O) groups excluding carboxylic acids is 2. The summed E-state index contributed by atoms with van der Waals surface area (Å²) < 4.78 is 10.4. The summed E-state index contributed by atoms with van der Waals surface area (Å²) in [4.78, 5) is 35.6. The third-order valence-electron chi connectivity index (χ3n) is 5.98. The molecule has 0 spiro atoms. The zero-order valence-corrected chi connectivity index (χ0v) is 19.8. The number of amides is 2. The first-order valence-electron chi connectivity index (χ1n) is 11.3. The van der Waals surface area contributed by atoms with E-state index in [0.717, 1.165) is 11.1 Å². The Hall–Kier alpha value is -3.39. The first kappa shape index (κ1) is 25.2. The van der Waals surface area contributed by atoms with Crippen molar-refractivity contribution in [3.05, 3.63) is 59.7 Å². The molecule has 0 bridgehead atoms. The van der Waals surface area contributed by atoms with Gasteiger partial charge in [-0.15, -0.1) is 0 Å². The van der Waals surface area contributed by atoms with E-state index in [-0.39, 0.29) is 44.4 Å². The van der Waals surface area contributed by atoms with Crippen LogP contribution in [0.1, 0.15) is 43.7 Å². The molecule has 0 radical (unpaired) electrons. The van der Waals surface area contributed by atoms with Crippen molar-refractivity contribution in [1.29, 1.82) is 0 Å². The van der Waals surface area contributed by atoms with Gasteiger partial charge >= 0.3 is 12.1 Å². The Morgan fingerprint density at radius 2 is 1.59 bits per heavy atom. The highest BCUT2D eigenvalue weighted by Gasteiger charge is 2.29. The number of fused-ring (bicyclic) bond motifs is 3. The topological polar surface area (TPSA) is 114 Å². The number of carbonyl (C=O) groups is 3. The molecule has 0 heterocycles. The average Bonchev–Trinajstić information content (AvgIpc) is 3.12. The zero-order valence-electron chi connectivity index (χ0n) is 19.8. The van der Waals surface area contributed by atoms with Crippen molar-refractivity contribution < 1.29 is 29.0 Å². The van der Waals surface area contributed by atoms with Gasteiger partial charge in [0.1, 0.15) is 6.61 Å². The number of methoxy groups -OCH3 is 1. The smallest absolute Gasteiger partial charge is 0.407 e. The first-order valence-corrected chi connectivity index (χ1v) is 11.3. The Bertz CT molecular complexity index is 990. The minimum Gasteiger partial charge on any atom is -0.479 e. The molecule has 1 aliphatic rings. The fourth-order valence-corrected chi connectivity index (χ4v) is 4.21. The maximum atomic E-state index is 12.4. The van der Waals surface area contributed by atoms with E-state index < -0.39 is 23.6 Å². The second-order valence-electron chi connectivity index (χ2n) is 9.22. The number of alkyl carbamates (subject to hydrolysis) is 1. The van der Waals surface area contributed by atoms with Crippen LogP contribution in [0.5, 0.6) is 0 Å². The molecule has 0 aromatic heterocycles. The molecule has 0 fully saturated rings. The van der Waals surface area contributed by atoms with Crippen molar-refractivity contribution in [2.45, 2.75) is 38.7 Å². The molecule has 34 heavy (non-hydrogen) atoms. The van der Waals surface area contributed by atoms with E-state index in [9.17, 15) is 14.4 Å². The highest BCUT2D eigenvalue weighted by Crippen LogP contribution is 2.44. The maximum absolute atomic E-state index is 12.4. The molecule has 1 atom stereocenters. The van der Waals surface area contributed by atoms with E-state index in [4.69, 9.17) is 14.6 Å². The molecular weight excluding hydrogens is 436 g/mol. The van der Waals surface area contributed by atoms with E-state index in [0.29, 0.717) is 0 Å². The summed E-state index contributed by atoms with van der Waals surface area (Å²) >= 11 is 0. The van der Waals surface area contributed by atoms with Gasteiger partial charge in [-0.05, 0) is 27.7 Å². The number of hydrogen-bond acceptors (Lipinski definition) is 5. The van der Waals surface area contributed by atoms with Crippen LogP contribution in [-0.2, 0) is 19.1 Å². The van der Waals surface area contributed by atoms with Crippen molar-refractivity contribution in [2.24, 2.45) is 5.41 Å². The fourth-order valence-electron chi connectivity index (χ4n) is 4.21. The lowest BCUT2D eigenvalue weighted by Crippen LogP contribution is -2.39. The molecule has 0 saturated heterocycles. The fraction of sp³-hybridized carbons (Fsp3) is 0.423. The van der Waals surface area contributed by atoms with Crippen molar-refractivity contribution in [3.63, 3.8) is 0 Å². The van der Waals surface area contributed by atoms with E-state index in [2.05, 4.69) is 34.9 Å². The molecule has 1 aliphatic carbocycles. The van der Waals surface area contributed by atoms with Gasteiger partial charge in [-0.2, -0.15) is 0 Å². The van der Waals surface area contributed by atoms with Crippen molar-refractivity contribution in [3.8, 4) is 11.1 Å². The van der Waals surface area contributed by atoms with Crippen LogP contribution >= 0.6 is 0 Å². The summed E-state index contributed by atoms with van der Waals surface area (Å²) in [5, 5.41) is 14.4. The molecule has 182 valence electrons. The van der Waals surface area contributed by atoms with Gasteiger partial charge < -0.3 is 25.2 Å². The van der Waals surface area contributed by atoms with Crippen LogP contribution in [0.25, 0.3) is 11.1 Å². The molecule has 8 nitrogen and oxygen atoms in total. The number of nitrogens with one attached hydrogen (secondary N) is 2. The molecule has 1 unspecified atom stereocenters. The minimum atomic E-state index is -1.07. The number of carboxylic acid groups (broad SMARTS) is 1. The Kier molecular flexibility index (Phi) is 8.28. The summed E-state index contributed by atoms with van der Waals surface area (Å²) in [5.74, 6) is -1.30. The highest BCUT2D eigenvalue weighted by molar-refractivity contribution is 5.79. The van der Waals surface area contributed by atoms with E-state index in [1.165, 1.54) is 18.2 Å². The third kappa shape index (κ3) is 6.35. The van der Waals surface area contributed by atoms with Gasteiger partial charge in [0.15, 0.2) is 6.10 Å². The molecule has 2 aromatic rings. The molecule has 2 aromatic carbocycles. The number of benzene rings is 2. The Morgan fingerprint density at radius 1 is 1.00 bits per heavy atom. The molecule has 3 rings (SSSR count). The van der Waals surface area contributed by atoms with Gasteiger partial charge in [-0.1, -0.05) is 62.4 Å². The number of aliphatic carboxylic acids is 1. The summed E-state index contributed by atoms with van der Waals surface area (Å²) in [6.07, 6.45) is -1.14. The zero-order chi connectivity index (χ0) is 24.7. The molecule has 0 saturated carbocycles. The number of rotatable bonds is 11. The SMILES string of the molecule is COC(CCNC(=O)CC(C)(C)CNC(=O)OCC1c2ccccc2-c2ccccc21)C(=O)O. The lowest BCUT2D eigenvalue weighted by molar-refractivity contribution is -0.149. The number of hydrogen-bond donors (Lipinski definition) is 3. The highest BCUT2D eigenvalue weighted by atomic mass is 16.5. The lowest BCUT2D eigenvalue weighted by Gasteiger charge is -2.24. The summed E-state index contributed by atoms with van der Waals surface area (Å²) in [6.45, 7) is 4.41. The average molecular weight is 469 g/mol. The summed E-state index contributed by atoms with van der Waals surface area (Å²) in [7, 11) is 1.32. The van der Waals surface area contributed by atoms with Gasteiger partial charge in [0.25, 0.3) is 0 Å². The summed E-state index contributed by atoms with van der Waals surface area (Å²) in [5.41, 5.74) is 4.11. The van der Waals surface area contributed by atoms with Gasteiger partial charge in [-0.25, -0.2) is 9.59 Å². The van der Waals surface area contributed by atoms with Crippen LogP contribution < -0.4 is 10.6 Å². The van der Waals surface area contributed by atoms with E-state index >= 15 is 0 Å². The van der Waals surface area contributed by atoms with Crippen LogP contribution in [0.15, 0.2) is 48.5 Å². The van der Waals surface area contributed by atoms with Crippen LogP contribution in [0.4, 0.5) is 4.79 Å². The predicted molar refractivity (Wildman–Crippen MR) is 128 cm³/mol. The Labute approximate surface area is 199 Å². The second kappa shape index (κ2) is 11.2. The monoisotopic (exact) mass is 468 g/mol. The van der Waals surface area contributed by atoms with Crippen molar-refractivity contribution in [2.75, 3.05) is 26.8 Å². The quantitative estimate of drug-likeness (QED) is 0.465. The van der Waals surface area contributed by atoms with Gasteiger partial charge in [0, 0.05) is 39.0 Å². The minimum absolute atomic E-state index is 0.0151. The molecular formula is C26H32N2O6. The first-order chi connectivity index (χ1) is 16.2. The Morgan fingerprint density at radius 3 is 2.15 bits per heavy atom. The maximum Gasteiger partial charge on any atom is 0.407 e. The third-order valence-corrected chi connectivity index (χ3v) is 5.98. The lowest BCUT2D eigenvalue weighted by atomic mass is 9.89. The van der Waals surface area contributed by atoms with Gasteiger partial charge in [0.2, 0.25) is 5.91 Å². The van der Waals surface area contributed by atoms with Crippen LogP contribution in [-0.4, -0.2) is 56.0 Å². The van der Waals surface area contributed by atoms with Gasteiger partial charge in [-0.3, -0.25) is 4.79 Å². The predicted octanol–water partition coefficient (Wildman–Crippen LogP) is 3.55. The second-order valence-corrected chi connectivity index (χ2v) is 9.22. The van der Waals surface area contributed by atoms with Crippen LogP contribution in [0, 0.1) is 5.41 Å². The Balaban J connectivity index is 1.45. The van der Waals surface area contributed by atoms with Crippen molar-refractivity contribution in [1.82, 2.24) is 10.6 Å². The van der Waals surface area contributed by atoms with Crippen LogP contribution in [0.2, 0.25) is 0 Å². The van der Waals surface area contributed by atoms with Crippen molar-refractivity contribution >= 4 is 18.0 Å². The standard InChI is InChI=1S/C26H32N2O6/c1-26(2,14-23(29)27-13-12-22(33-3)24(30)31)16-28-25(32)34-15-21-19-10-6-4-8-17(19)18-9-5-7-11-20(18)21/h4-11,21-22H,12-16H2,1-3H3,(H,27,29)(H,28,32)(H,30,31). The normalized spacial score (nSPS) is 13.5. The number of carboxylic acids is 1. The molecule has 3 N–H and O–H groups in total. The van der Waals surface area contributed by atoms with Crippen LogP contribution in [0.3, 0.4) is 0 Å². The number of ether oxygens (including phenoxy) is 2. The van der Waals surface area contributed by atoms with E-state index in [1.807, 2.05) is 38.1 Å². The summed E-state index contributed by atoms with van der Waals surface area (Å²) in [6, 6.07) is 16.3. The van der Waals surface area contributed by atoms with E-state index in [1.54, 1.807) is 0 Å².